The Labute approximate surface area is 99.5 Å². The van der Waals surface area contributed by atoms with E-state index < -0.39 is 0 Å². The van der Waals surface area contributed by atoms with Crippen LogP contribution in [0.25, 0.3) is 0 Å². The van der Waals surface area contributed by atoms with Crippen LogP contribution in [-0.2, 0) is 6.42 Å². The molecule has 0 radical (unpaired) electrons. The largest absolute Gasteiger partial charge is 0.313 e. The maximum Gasteiger partial charge on any atom is 0.0270 e. The fourth-order valence-corrected chi connectivity index (χ4v) is 1.76. The first kappa shape index (κ1) is 13.2. The van der Waals surface area contributed by atoms with Crippen LogP contribution in [0.15, 0.2) is 24.5 Å². The van der Waals surface area contributed by atoms with Crippen LogP contribution in [0.1, 0.15) is 39.7 Å². The lowest BCUT2D eigenvalue weighted by Gasteiger charge is -2.32. The van der Waals surface area contributed by atoms with Gasteiger partial charge in [-0.1, -0.05) is 27.7 Å². The highest BCUT2D eigenvalue weighted by atomic mass is 14.9. The van der Waals surface area contributed by atoms with Crippen LogP contribution in [0.3, 0.4) is 0 Å². The zero-order chi connectivity index (χ0) is 12.0. The molecule has 1 aromatic heterocycles. The van der Waals surface area contributed by atoms with Crippen LogP contribution in [-0.4, -0.2) is 17.6 Å². The van der Waals surface area contributed by atoms with Gasteiger partial charge in [0, 0.05) is 18.4 Å². The van der Waals surface area contributed by atoms with Crippen molar-refractivity contribution >= 4 is 0 Å². The molecular weight excluding hydrogens is 196 g/mol. The van der Waals surface area contributed by atoms with Crippen molar-refractivity contribution in [3.8, 4) is 0 Å². The molecule has 0 aliphatic heterocycles. The maximum atomic E-state index is 4.06. The summed E-state index contributed by atoms with van der Waals surface area (Å²) >= 11 is 0. The summed E-state index contributed by atoms with van der Waals surface area (Å²) < 4.78 is 0. The van der Waals surface area contributed by atoms with Crippen LogP contribution < -0.4 is 5.32 Å². The lowest BCUT2D eigenvalue weighted by molar-refractivity contribution is 0.267. The second-order valence-electron chi connectivity index (χ2n) is 5.43. The summed E-state index contributed by atoms with van der Waals surface area (Å²) in [5.74, 6) is 0. The Kier molecular flexibility index (Phi) is 4.94. The third-order valence-corrected chi connectivity index (χ3v) is 2.88. The highest BCUT2D eigenvalue weighted by Gasteiger charge is 2.23. The predicted molar refractivity (Wildman–Crippen MR) is 69.5 cm³/mol. The Morgan fingerprint density at radius 2 is 1.88 bits per heavy atom. The fourth-order valence-electron chi connectivity index (χ4n) is 1.76. The minimum Gasteiger partial charge on any atom is -0.313 e. The molecule has 0 saturated heterocycles. The molecule has 2 heteroatoms. The first-order chi connectivity index (χ1) is 7.54. The second kappa shape index (κ2) is 6.00. The average molecular weight is 220 g/mol. The maximum absolute atomic E-state index is 4.06. The SMILES string of the molecule is CCCNC(Cc1ccncc1)C(C)(C)C. The minimum absolute atomic E-state index is 0.290. The Hall–Kier alpha value is -0.890. The van der Waals surface area contributed by atoms with Gasteiger partial charge >= 0.3 is 0 Å². The molecular formula is C14H24N2. The Balaban J connectivity index is 2.64. The van der Waals surface area contributed by atoms with Crippen LogP contribution >= 0.6 is 0 Å². The highest BCUT2D eigenvalue weighted by molar-refractivity contribution is 5.12. The summed E-state index contributed by atoms with van der Waals surface area (Å²) in [6.45, 7) is 10.2. The van der Waals surface area contributed by atoms with Gasteiger partial charge in [0.15, 0.2) is 0 Å². The van der Waals surface area contributed by atoms with Gasteiger partial charge in [-0.2, -0.15) is 0 Å². The van der Waals surface area contributed by atoms with Crippen molar-refractivity contribution in [2.24, 2.45) is 5.41 Å². The molecule has 0 spiro atoms. The van der Waals surface area contributed by atoms with Crippen molar-refractivity contribution in [1.82, 2.24) is 10.3 Å². The molecule has 0 aromatic carbocycles. The molecule has 1 atom stereocenters. The molecule has 0 saturated carbocycles. The lowest BCUT2D eigenvalue weighted by Crippen LogP contribution is -2.42. The number of rotatable bonds is 5. The van der Waals surface area contributed by atoms with E-state index in [0.717, 1.165) is 13.0 Å². The predicted octanol–water partition coefficient (Wildman–Crippen LogP) is 3.04. The number of aromatic nitrogens is 1. The summed E-state index contributed by atoms with van der Waals surface area (Å²) in [7, 11) is 0. The Bertz CT molecular complexity index is 287. The van der Waals surface area contributed by atoms with E-state index in [9.17, 15) is 0 Å². The average Bonchev–Trinajstić information content (AvgIpc) is 2.24. The van der Waals surface area contributed by atoms with E-state index in [4.69, 9.17) is 0 Å². The van der Waals surface area contributed by atoms with Gasteiger partial charge in [-0.3, -0.25) is 4.98 Å². The van der Waals surface area contributed by atoms with Crippen molar-refractivity contribution in [3.63, 3.8) is 0 Å². The first-order valence-electron chi connectivity index (χ1n) is 6.16. The smallest absolute Gasteiger partial charge is 0.0270 e. The van der Waals surface area contributed by atoms with E-state index in [-0.39, 0.29) is 0 Å². The third kappa shape index (κ3) is 4.31. The number of nitrogens with zero attached hydrogens (tertiary/aromatic N) is 1. The van der Waals surface area contributed by atoms with Crippen LogP contribution in [0.2, 0.25) is 0 Å². The van der Waals surface area contributed by atoms with Crippen LogP contribution in [0.4, 0.5) is 0 Å². The molecule has 1 aromatic rings. The zero-order valence-corrected chi connectivity index (χ0v) is 11.0. The molecule has 1 unspecified atom stereocenters. The first-order valence-corrected chi connectivity index (χ1v) is 6.16. The lowest BCUT2D eigenvalue weighted by atomic mass is 9.83. The van der Waals surface area contributed by atoms with Gasteiger partial charge in [0.1, 0.15) is 0 Å². The molecule has 0 amide bonds. The Morgan fingerprint density at radius 1 is 1.25 bits per heavy atom. The molecule has 0 aliphatic carbocycles. The molecule has 16 heavy (non-hydrogen) atoms. The van der Waals surface area contributed by atoms with E-state index in [1.54, 1.807) is 0 Å². The van der Waals surface area contributed by atoms with Crippen LogP contribution in [0.5, 0.6) is 0 Å². The monoisotopic (exact) mass is 220 g/mol. The topological polar surface area (TPSA) is 24.9 Å². The summed E-state index contributed by atoms with van der Waals surface area (Å²) in [6, 6.07) is 4.73. The second-order valence-corrected chi connectivity index (χ2v) is 5.43. The summed E-state index contributed by atoms with van der Waals surface area (Å²) in [5.41, 5.74) is 1.65. The van der Waals surface area contributed by atoms with Crippen molar-refractivity contribution in [1.29, 1.82) is 0 Å². The van der Waals surface area contributed by atoms with E-state index in [0.29, 0.717) is 11.5 Å². The minimum atomic E-state index is 0.290. The van der Waals surface area contributed by atoms with Gasteiger partial charge in [-0.05, 0) is 42.5 Å². The van der Waals surface area contributed by atoms with E-state index in [1.165, 1.54) is 12.0 Å². The molecule has 0 aliphatic rings. The number of hydrogen-bond acceptors (Lipinski definition) is 2. The molecule has 1 rings (SSSR count). The summed E-state index contributed by atoms with van der Waals surface area (Å²) in [6.07, 6.45) is 6.00. The van der Waals surface area contributed by atoms with Gasteiger partial charge in [0.25, 0.3) is 0 Å². The number of hydrogen-bond donors (Lipinski definition) is 1. The Morgan fingerprint density at radius 3 is 2.38 bits per heavy atom. The van der Waals surface area contributed by atoms with Crippen molar-refractivity contribution < 1.29 is 0 Å². The van der Waals surface area contributed by atoms with Gasteiger partial charge in [0.2, 0.25) is 0 Å². The normalized spacial score (nSPS) is 13.8. The highest BCUT2D eigenvalue weighted by Crippen LogP contribution is 2.22. The van der Waals surface area contributed by atoms with Gasteiger partial charge in [-0.15, -0.1) is 0 Å². The van der Waals surface area contributed by atoms with Gasteiger partial charge in [0.05, 0.1) is 0 Å². The van der Waals surface area contributed by atoms with Crippen molar-refractivity contribution in [2.45, 2.75) is 46.6 Å². The standard InChI is InChI=1S/C14H24N2/c1-5-8-16-13(14(2,3)4)11-12-6-9-15-10-7-12/h6-7,9-10,13,16H,5,8,11H2,1-4H3. The molecule has 0 bridgehead atoms. The number of pyridine rings is 1. The molecule has 2 nitrogen and oxygen atoms in total. The van der Waals surface area contributed by atoms with Crippen LogP contribution in [0, 0.1) is 5.41 Å². The van der Waals surface area contributed by atoms with E-state index in [1.807, 2.05) is 12.4 Å². The molecule has 1 N–H and O–H groups in total. The van der Waals surface area contributed by atoms with Gasteiger partial charge in [-0.25, -0.2) is 0 Å². The molecule has 90 valence electrons. The van der Waals surface area contributed by atoms with E-state index >= 15 is 0 Å². The fraction of sp³-hybridized carbons (Fsp3) is 0.643. The number of nitrogens with one attached hydrogen (secondary N) is 1. The van der Waals surface area contributed by atoms with Crippen molar-refractivity contribution in [3.05, 3.63) is 30.1 Å². The summed E-state index contributed by atoms with van der Waals surface area (Å²) in [5, 5.41) is 3.64. The van der Waals surface area contributed by atoms with Gasteiger partial charge < -0.3 is 5.32 Å². The third-order valence-electron chi connectivity index (χ3n) is 2.88. The molecule has 0 fully saturated rings. The quantitative estimate of drug-likeness (QED) is 0.825. The molecule has 1 heterocycles. The summed E-state index contributed by atoms with van der Waals surface area (Å²) in [4.78, 5) is 4.06. The zero-order valence-electron chi connectivity index (χ0n) is 11.0. The van der Waals surface area contributed by atoms with E-state index in [2.05, 4.69) is 50.1 Å². The van der Waals surface area contributed by atoms with Crippen molar-refractivity contribution in [2.75, 3.05) is 6.54 Å².